The summed E-state index contributed by atoms with van der Waals surface area (Å²) >= 11 is 0. The maximum atomic E-state index is 9.65. The van der Waals surface area contributed by atoms with Crippen LogP contribution in [0.2, 0.25) is 0 Å². The van der Waals surface area contributed by atoms with Crippen LogP contribution < -0.4 is 9.47 Å². The molecule has 0 amide bonds. The average molecular weight is 384 g/mol. The van der Waals surface area contributed by atoms with Crippen molar-refractivity contribution in [2.75, 3.05) is 24.6 Å². The van der Waals surface area contributed by atoms with Crippen LogP contribution >= 0.6 is 0 Å². The maximum Gasteiger partial charge on any atom is 0.213 e. The van der Waals surface area contributed by atoms with E-state index in [-0.39, 0.29) is 6.61 Å². The molecule has 1 N–H and O–H groups in total. The number of nitrogens with zero attached hydrogens (tertiary/aromatic N) is 2. The number of pyridine rings is 1. The van der Waals surface area contributed by atoms with Gasteiger partial charge < -0.3 is 10.0 Å². The van der Waals surface area contributed by atoms with Gasteiger partial charge in [0.15, 0.2) is 6.54 Å². The van der Waals surface area contributed by atoms with Crippen molar-refractivity contribution in [3.63, 3.8) is 0 Å². The van der Waals surface area contributed by atoms with Crippen molar-refractivity contribution in [2.24, 2.45) is 0 Å². The standard InChI is InChI=1S/C26H27N2O/c29-19-18-28-24-10-4-2-8-22(24)26(23-9-3-5-11-25(23)28)20-12-14-21(15-13-20)27-16-6-1-7-17-27/h2-5,8-15,29H,1,6-7,16-19H2/q+1. The molecular formula is C26H27N2O+. The summed E-state index contributed by atoms with van der Waals surface area (Å²) < 4.78 is 2.23. The van der Waals surface area contributed by atoms with Gasteiger partial charge >= 0.3 is 0 Å². The summed E-state index contributed by atoms with van der Waals surface area (Å²) in [6, 6.07) is 26.2. The number of aliphatic hydroxyl groups is 1. The highest BCUT2D eigenvalue weighted by Gasteiger charge is 2.20. The van der Waals surface area contributed by atoms with Crippen molar-refractivity contribution in [1.82, 2.24) is 0 Å². The molecule has 0 radical (unpaired) electrons. The summed E-state index contributed by atoms with van der Waals surface area (Å²) in [5.41, 5.74) is 6.17. The second-order valence-electron chi connectivity index (χ2n) is 7.88. The van der Waals surface area contributed by atoms with Gasteiger partial charge in [-0.05, 0) is 49.1 Å². The molecule has 0 bridgehead atoms. The minimum absolute atomic E-state index is 0.128. The summed E-state index contributed by atoms with van der Waals surface area (Å²) in [5, 5.41) is 12.1. The molecule has 4 aromatic rings. The number of hydrogen-bond acceptors (Lipinski definition) is 2. The molecule has 29 heavy (non-hydrogen) atoms. The fraction of sp³-hybridized carbons (Fsp3) is 0.269. The van der Waals surface area contributed by atoms with E-state index < -0.39 is 0 Å². The van der Waals surface area contributed by atoms with Gasteiger partial charge in [-0.2, -0.15) is 4.57 Å². The van der Waals surface area contributed by atoms with Gasteiger partial charge in [0.1, 0.15) is 6.61 Å². The zero-order valence-electron chi connectivity index (χ0n) is 16.7. The number of aliphatic hydroxyl groups excluding tert-OH is 1. The van der Waals surface area contributed by atoms with E-state index in [2.05, 4.69) is 82.3 Å². The number of benzene rings is 3. The number of rotatable bonds is 4. The number of para-hydroxylation sites is 2. The number of hydrogen-bond donors (Lipinski definition) is 1. The highest BCUT2D eigenvalue weighted by atomic mass is 16.3. The number of aromatic nitrogens is 1. The van der Waals surface area contributed by atoms with E-state index in [1.807, 2.05) is 0 Å². The molecule has 146 valence electrons. The molecule has 1 fully saturated rings. The lowest BCUT2D eigenvalue weighted by atomic mass is 9.95. The van der Waals surface area contributed by atoms with Gasteiger partial charge in [-0.1, -0.05) is 36.4 Å². The lowest BCUT2D eigenvalue weighted by molar-refractivity contribution is -0.646. The number of piperidine rings is 1. The number of anilines is 1. The van der Waals surface area contributed by atoms with Gasteiger partial charge in [-0.25, -0.2) is 0 Å². The maximum absolute atomic E-state index is 9.65. The topological polar surface area (TPSA) is 27.4 Å². The molecule has 3 aromatic carbocycles. The van der Waals surface area contributed by atoms with Crippen LogP contribution in [0.25, 0.3) is 32.9 Å². The van der Waals surface area contributed by atoms with Gasteiger partial charge in [0.25, 0.3) is 0 Å². The van der Waals surface area contributed by atoms with Crippen LogP contribution in [-0.2, 0) is 6.54 Å². The van der Waals surface area contributed by atoms with Crippen molar-refractivity contribution in [3.8, 4) is 11.1 Å². The second kappa shape index (κ2) is 7.84. The Balaban J connectivity index is 1.70. The van der Waals surface area contributed by atoms with Gasteiger partial charge in [-0.3, -0.25) is 0 Å². The van der Waals surface area contributed by atoms with E-state index in [9.17, 15) is 5.11 Å². The first-order valence-corrected chi connectivity index (χ1v) is 10.7. The van der Waals surface area contributed by atoms with Crippen LogP contribution in [0.4, 0.5) is 5.69 Å². The molecule has 3 nitrogen and oxygen atoms in total. The third kappa shape index (κ3) is 3.26. The molecule has 2 heterocycles. The van der Waals surface area contributed by atoms with E-state index in [0.29, 0.717) is 6.54 Å². The van der Waals surface area contributed by atoms with E-state index in [4.69, 9.17) is 0 Å². The third-order valence-electron chi connectivity index (χ3n) is 6.13. The third-order valence-corrected chi connectivity index (χ3v) is 6.13. The van der Waals surface area contributed by atoms with Crippen LogP contribution in [0.3, 0.4) is 0 Å². The van der Waals surface area contributed by atoms with Gasteiger partial charge in [0.2, 0.25) is 11.0 Å². The van der Waals surface area contributed by atoms with Crippen LogP contribution in [-0.4, -0.2) is 24.8 Å². The van der Waals surface area contributed by atoms with Crippen molar-refractivity contribution in [1.29, 1.82) is 0 Å². The molecule has 1 aromatic heterocycles. The zero-order valence-corrected chi connectivity index (χ0v) is 16.7. The average Bonchev–Trinajstić information content (AvgIpc) is 2.80. The minimum Gasteiger partial charge on any atom is -0.390 e. The molecule has 3 heteroatoms. The van der Waals surface area contributed by atoms with Gasteiger partial charge in [0, 0.05) is 36.5 Å². The Hall–Kier alpha value is -2.91. The monoisotopic (exact) mass is 383 g/mol. The van der Waals surface area contributed by atoms with Crippen molar-refractivity contribution in [2.45, 2.75) is 25.8 Å². The summed E-state index contributed by atoms with van der Waals surface area (Å²) in [6.45, 7) is 3.05. The SMILES string of the molecule is OCC[n+]1c2ccccc2c(-c2ccc(N3CCCCC3)cc2)c2ccccc21. The lowest BCUT2D eigenvalue weighted by Gasteiger charge is -2.29. The number of fused-ring (bicyclic) bond motifs is 2. The van der Waals surface area contributed by atoms with E-state index in [0.717, 1.165) is 24.1 Å². The largest absolute Gasteiger partial charge is 0.390 e. The Labute approximate surface area is 171 Å². The molecule has 0 saturated carbocycles. The first-order valence-electron chi connectivity index (χ1n) is 10.7. The molecule has 0 aliphatic carbocycles. The minimum atomic E-state index is 0.128. The molecule has 0 spiro atoms. The summed E-state index contributed by atoms with van der Waals surface area (Å²) in [7, 11) is 0. The molecule has 1 aliphatic heterocycles. The smallest absolute Gasteiger partial charge is 0.213 e. The molecular weight excluding hydrogens is 356 g/mol. The Bertz CT molecular complexity index is 1090. The van der Waals surface area contributed by atoms with E-state index >= 15 is 0 Å². The Kier molecular flexibility index (Phi) is 4.91. The molecule has 1 saturated heterocycles. The quantitative estimate of drug-likeness (QED) is 0.400. The summed E-state index contributed by atoms with van der Waals surface area (Å²) in [5.74, 6) is 0. The first-order chi connectivity index (χ1) is 14.4. The Morgan fingerprint density at radius 2 is 1.31 bits per heavy atom. The van der Waals surface area contributed by atoms with Crippen LogP contribution in [0.15, 0.2) is 72.8 Å². The van der Waals surface area contributed by atoms with Crippen molar-refractivity contribution < 1.29 is 9.67 Å². The molecule has 0 atom stereocenters. The van der Waals surface area contributed by atoms with Gasteiger partial charge in [0.05, 0.1) is 10.8 Å². The van der Waals surface area contributed by atoms with Crippen LogP contribution in [0.5, 0.6) is 0 Å². The van der Waals surface area contributed by atoms with Crippen LogP contribution in [0, 0.1) is 0 Å². The van der Waals surface area contributed by atoms with Crippen molar-refractivity contribution in [3.05, 3.63) is 72.8 Å². The van der Waals surface area contributed by atoms with Crippen molar-refractivity contribution >= 4 is 27.5 Å². The van der Waals surface area contributed by atoms with E-state index in [1.54, 1.807) is 0 Å². The molecule has 5 rings (SSSR count). The van der Waals surface area contributed by atoms with Gasteiger partial charge in [-0.15, -0.1) is 0 Å². The fourth-order valence-corrected chi connectivity index (χ4v) is 4.76. The predicted octanol–water partition coefficient (Wildman–Crippen LogP) is 4.93. The summed E-state index contributed by atoms with van der Waals surface area (Å²) in [6.07, 6.45) is 3.94. The second-order valence-corrected chi connectivity index (χ2v) is 7.88. The lowest BCUT2D eigenvalue weighted by Crippen LogP contribution is -2.37. The zero-order chi connectivity index (χ0) is 19.6. The highest BCUT2D eigenvalue weighted by molar-refractivity contribution is 6.07. The fourth-order valence-electron chi connectivity index (χ4n) is 4.76. The molecule has 1 aliphatic rings. The first kappa shape index (κ1) is 18.1. The summed E-state index contributed by atoms with van der Waals surface area (Å²) in [4.78, 5) is 2.50. The van der Waals surface area contributed by atoms with Crippen LogP contribution in [0.1, 0.15) is 19.3 Å². The predicted molar refractivity (Wildman–Crippen MR) is 120 cm³/mol. The Morgan fingerprint density at radius 1 is 0.724 bits per heavy atom. The normalized spacial score (nSPS) is 14.6. The Morgan fingerprint density at radius 3 is 1.90 bits per heavy atom. The van der Waals surface area contributed by atoms with E-state index in [1.165, 1.54) is 46.8 Å². The molecule has 0 unspecified atom stereocenters. The highest BCUT2D eigenvalue weighted by Crippen LogP contribution is 2.35.